The predicted molar refractivity (Wildman–Crippen MR) is 67.2 cm³/mol. The molecule has 0 unspecified atom stereocenters. The normalized spacial score (nSPS) is 19.2. The van der Waals surface area contributed by atoms with Crippen LogP contribution in [0.15, 0.2) is 0 Å². The van der Waals surface area contributed by atoms with Crippen LogP contribution in [0.3, 0.4) is 0 Å². The van der Waals surface area contributed by atoms with Gasteiger partial charge in [0.25, 0.3) is 0 Å². The standard InChI is InChI=1S/C13H28N2/c1-5-13(3,6-2)11-14-8-7-12-9-15(4)10-12/h12,14H,5-11H2,1-4H3. The van der Waals surface area contributed by atoms with Crippen molar-refractivity contribution in [2.24, 2.45) is 11.3 Å². The molecule has 0 aromatic heterocycles. The molecule has 2 nitrogen and oxygen atoms in total. The van der Waals surface area contributed by atoms with E-state index in [0.29, 0.717) is 5.41 Å². The quantitative estimate of drug-likeness (QED) is 0.652. The third-order valence-electron chi connectivity index (χ3n) is 4.13. The Labute approximate surface area is 95.4 Å². The summed E-state index contributed by atoms with van der Waals surface area (Å²) < 4.78 is 0. The van der Waals surface area contributed by atoms with Crippen LogP contribution in [0.1, 0.15) is 40.0 Å². The molecule has 1 rings (SSSR count). The molecule has 0 aliphatic carbocycles. The fourth-order valence-corrected chi connectivity index (χ4v) is 2.21. The van der Waals surface area contributed by atoms with Crippen molar-refractivity contribution in [3.8, 4) is 0 Å². The van der Waals surface area contributed by atoms with E-state index >= 15 is 0 Å². The van der Waals surface area contributed by atoms with Gasteiger partial charge in [0.05, 0.1) is 0 Å². The van der Waals surface area contributed by atoms with E-state index in [0.717, 1.165) is 5.92 Å². The molecule has 1 fully saturated rings. The maximum Gasteiger partial charge on any atom is 0.00194 e. The molecule has 2 heteroatoms. The molecular weight excluding hydrogens is 184 g/mol. The first-order chi connectivity index (χ1) is 7.09. The van der Waals surface area contributed by atoms with Crippen LogP contribution in [0.2, 0.25) is 0 Å². The van der Waals surface area contributed by atoms with Crippen molar-refractivity contribution in [3.05, 3.63) is 0 Å². The SMILES string of the molecule is CCC(C)(CC)CNCCC1CN(C)C1. The first-order valence-electron chi connectivity index (χ1n) is 6.49. The smallest absolute Gasteiger partial charge is 0.00194 e. The zero-order valence-corrected chi connectivity index (χ0v) is 11.0. The maximum atomic E-state index is 3.62. The van der Waals surface area contributed by atoms with Crippen molar-refractivity contribution in [3.63, 3.8) is 0 Å². The third kappa shape index (κ3) is 4.12. The van der Waals surface area contributed by atoms with Gasteiger partial charge in [-0.3, -0.25) is 0 Å². The van der Waals surface area contributed by atoms with Crippen molar-refractivity contribution in [1.82, 2.24) is 10.2 Å². The van der Waals surface area contributed by atoms with E-state index in [1.54, 1.807) is 0 Å². The van der Waals surface area contributed by atoms with Crippen LogP contribution in [0.4, 0.5) is 0 Å². The highest BCUT2D eigenvalue weighted by molar-refractivity contribution is 4.78. The summed E-state index contributed by atoms with van der Waals surface area (Å²) in [7, 11) is 2.20. The Bertz CT molecular complexity index is 169. The van der Waals surface area contributed by atoms with Crippen LogP contribution in [0.25, 0.3) is 0 Å². The summed E-state index contributed by atoms with van der Waals surface area (Å²) in [6, 6.07) is 0. The van der Waals surface area contributed by atoms with Crippen molar-refractivity contribution in [2.45, 2.75) is 40.0 Å². The lowest BCUT2D eigenvalue weighted by molar-refractivity contribution is 0.125. The van der Waals surface area contributed by atoms with Crippen LogP contribution in [0, 0.1) is 11.3 Å². The zero-order valence-electron chi connectivity index (χ0n) is 11.0. The lowest BCUT2D eigenvalue weighted by Crippen LogP contribution is -2.45. The lowest BCUT2D eigenvalue weighted by Gasteiger charge is -2.36. The van der Waals surface area contributed by atoms with Gasteiger partial charge in [0.15, 0.2) is 0 Å². The highest BCUT2D eigenvalue weighted by atomic mass is 15.2. The Balaban J connectivity index is 2.01. The first-order valence-corrected chi connectivity index (χ1v) is 6.49. The number of nitrogens with one attached hydrogen (secondary N) is 1. The molecule has 15 heavy (non-hydrogen) atoms. The Morgan fingerprint density at radius 2 is 1.87 bits per heavy atom. The molecule has 0 aromatic carbocycles. The number of hydrogen-bond donors (Lipinski definition) is 1. The van der Waals surface area contributed by atoms with E-state index in [2.05, 4.69) is 38.0 Å². The van der Waals surface area contributed by atoms with E-state index in [1.165, 1.54) is 45.4 Å². The molecule has 1 aliphatic rings. The van der Waals surface area contributed by atoms with E-state index in [-0.39, 0.29) is 0 Å². The van der Waals surface area contributed by atoms with Gasteiger partial charge in [0.2, 0.25) is 0 Å². The molecule has 0 amide bonds. The summed E-state index contributed by atoms with van der Waals surface area (Å²) in [4.78, 5) is 2.40. The topological polar surface area (TPSA) is 15.3 Å². The van der Waals surface area contributed by atoms with Crippen LogP contribution < -0.4 is 5.32 Å². The summed E-state index contributed by atoms with van der Waals surface area (Å²) in [5.41, 5.74) is 0.510. The average molecular weight is 212 g/mol. The summed E-state index contributed by atoms with van der Waals surface area (Å²) >= 11 is 0. The number of nitrogens with zero attached hydrogens (tertiary/aromatic N) is 1. The summed E-state index contributed by atoms with van der Waals surface area (Å²) in [5, 5.41) is 3.62. The van der Waals surface area contributed by atoms with E-state index in [4.69, 9.17) is 0 Å². The summed E-state index contributed by atoms with van der Waals surface area (Å²) in [6.45, 7) is 12.0. The Hall–Kier alpha value is -0.0800. The van der Waals surface area contributed by atoms with Crippen LogP contribution in [-0.4, -0.2) is 38.1 Å². The van der Waals surface area contributed by atoms with Gasteiger partial charge in [-0.15, -0.1) is 0 Å². The summed E-state index contributed by atoms with van der Waals surface area (Å²) in [5.74, 6) is 0.956. The van der Waals surface area contributed by atoms with Crippen molar-refractivity contribution in [1.29, 1.82) is 0 Å². The van der Waals surface area contributed by atoms with Crippen molar-refractivity contribution in [2.75, 3.05) is 33.2 Å². The third-order valence-corrected chi connectivity index (χ3v) is 4.13. The van der Waals surface area contributed by atoms with Crippen LogP contribution >= 0.6 is 0 Å². The first kappa shape index (κ1) is 13.0. The van der Waals surface area contributed by atoms with E-state index in [9.17, 15) is 0 Å². The molecule has 90 valence electrons. The predicted octanol–water partition coefficient (Wildman–Crippen LogP) is 2.35. The average Bonchev–Trinajstić information content (AvgIpc) is 2.21. The minimum atomic E-state index is 0.510. The fraction of sp³-hybridized carbons (Fsp3) is 1.00. The molecule has 1 heterocycles. The Morgan fingerprint density at radius 3 is 2.33 bits per heavy atom. The summed E-state index contributed by atoms with van der Waals surface area (Å²) in [6.07, 6.45) is 3.92. The van der Waals surface area contributed by atoms with E-state index < -0.39 is 0 Å². The van der Waals surface area contributed by atoms with Gasteiger partial charge in [-0.05, 0) is 44.2 Å². The molecule has 0 bridgehead atoms. The van der Waals surface area contributed by atoms with Gasteiger partial charge in [0, 0.05) is 19.6 Å². The zero-order chi connectivity index (χ0) is 11.3. The minimum absolute atomic E-state index is 0.510. The van der Waals surface area contributed by atoms with Gasteiger partial charge in [-0.25, -0.2) is 0 Å². The molecule has 1 aliphatic heterocycles. The van der Waals surface area contributed by atoms with Gasteiger partial charge in [-0.1, -0.05) is 20.8 Å². The second-order valence-corrected chi connectivity index (χ2v) is 5.57. The second kappa shape index (κ2) is 5.86. The van der Waals surface area contributed by atoms with Crippen molar-refractivity contribution >= 4 is 0 Å². The maximum absolute atomic E-state index is 3.62. The lowest BCUT2D eigenvalue weighted by atomic mass is 9.84. The Kier molecular flexibility index (Phi) is 5.07. The largest absolute Gasteiger partial charge is 0.316 e. The highest BCUT2D eigenvalue weighted by Gasteiger charge is 2.23. The Morgan fingerprint density at radius 1 is 1.27 bits per heavy atom. The van der Waals surface area contributed by atoms with Crippen LogP contribution in [0.5, 0.6) is 0 Å². The second-order valence-electron chi connectivity index (χ2n) is 5.57. The van der Waals surface area contributed by atoms with Gasteiger partial charge in [0.1, 0.15) is 0 Å². The fourth-order valence-electron chi connectivity index (χ4n) is 2.21. The highest BCUT2D eigenvalue weighted by Crippen LogP contribution is 2.24. The minimum Gasteiger partial charge on any atom is -0.316 e. The molecule has 1 saturated heterocycles. The van der Waals surface area contributed by atoms with Gasteiger partial charge in [-0.2, -0.15) is 0 Å². The molecule has 0 radical (unpaired) electrons. The van der Waals surface area contributed by atoms with Gasteiger partial charge < -0.3 is 10.2 Å². The van der Waals surface area contributed by atoms with Crippen molar-refractivity contribution < 1.29 is 0 Å². The monoisotopic (exact) mass is 212 g/mol. The number of hydrogen-bond acceptors (Lipinski definition) is 2. The molecule has 0 atom stereocenters. The number of rotatable bonds is 7. The molecule has 0 aromatic rings. The van der Waals surface area contributed by atoms with Crippen LogP contribution in [-0.2, 0) is 0 Å². The molecule has 0 spiro atoms. The van der Waals surface area contributed by atoms with E-state index in [1.807, 2.05) is 0 Å². The molecule has 1 N–H and O–H groups in total. The molecular formula is C13H28N2. The molecule has 0 saturated carbocycles. The van der Waals surface area contributed by atoms with Gasteiger partial charge >= 0.3 is 0 Å². The number of likely N-dealkylation sites (tertiary alicyclic amines) is 1.